The van der Waals surface area contributed by atoms with Gasteiger partial charge in [0.2, 0.25) is 0 Å². The number of hydrogen-bond donors (Lipinski definition) is 1. The van der Waals surface area contributed by atoms with Crippen molar-refractivity contribution in [2.75, 3.05) is 0 Å². The van der Waals surface area contributed by atoms with Gasteiger partial charge in [-0.1, -0.05) is 23.7 Å². The maximum atomic E-state index is 6.05. The lowest BCUT2D eigenvalue weighted by Gasteiger charge is -2.08. The predicted molar refractivity (Wildman–Crippen MR) is 88.8 cm³/mol. The molecule has 2 aromatic carbocycles. The van der Waals surface area contributed by atoms with Gasteiger partial charge in [0.25, 0.3) is 0 Å². The van der Waals surface area contributed by atoms with Gasteiger partial charge in [0.15, 0.2) is 4.77 Å². The Morgan fingerprint density at radius 3 is 2.95 bits per heavy atom. The number of pyridine rings is 1. The highest BCUT2D eigenvalue weighted by atomic mass is 35.5. The number of halogens is 1. The molecule has 0 saturated carbocycles. The predicted octanol–water partition coefficient (Wildman–Crippen LogP) is 4.89. The topological polar surface area (TPSA) is 33.6 Å². The fraction of sp³-hybridized carbons (Fsp3) is 0. The summed E-state index contributed by atoms with van der Waals surface area (Å²) in [6.45, 7) is 0. The fourth-order valence-electron chi connectivity index (χ4n) is 2.62. The molecule has 0 aliphatic rings. The Bertz CT molecular complexity index is 1030. The standard InChI is InChI=1S/C16H10ClN3S/c17-11-4-5-15-13(8-11)19-16(21)20(15)14-3-1-2-10-9-18-7-6-12(10)14/h1-9H,(H,19,21). The van der Waals surface area contributed by atoms with Crippen LogP contribution in [-0.2, 0) is 0 Å². The first-order valence-electron chi connectivity index (χ1n) is 6.47. The second kappa shape index (κ2) is 4.69. The summed E-state index contributed by atoms with van der Waals surface area (Å²) >= 11 is 11.5. The number of fused-ring (bicyclic) bond motifs is 2. The van der Waals surface area contributed by atoms with Crippen LogP contribution in [0.3, 0.4) is 0 Å². The van der Waals surface area contributed by atoms with E-state index in [4.69, 9.17) is 23.8 Å². The Morgan fingerprint density at radius 1 is 1.14 bits per heavy atom. The van der Waals surface area contributed by atoms with Crippen LogP contribution in [0.1, 0.15) is 0 Å². The van der Waals surface area contributed by atoms with Gasteiger partial charge in [-0.2, -0.15) is 0 Å². The van der Waals surface area contributed by atoms with Crippen LogP contribution in [0.25, 0.3) is 27.5 Å². The van der Waals surface area contributed by atoms with Gasteiger partial charge in [0.05, 0.1) is 16.7 Å². The van der Waals surface area contributed by atoms with Crippen LogP contribution in [0.5, 0.6) is 0 Å². The van der Waals surface area contributed by atoms with Crippen molar-refractivity contribution in [2.45, 2.75) is 0 Å². The second-order valence-corrected chi connectivity index (χ2v) is 5.62. The summed E-state index contributed by atoms with van der Waals surface area (Å²) in [5.74, 6) is 0. The maximum Gasteiger partial charge on any atom is 0.182 e. The fourth-order valence-corrected chi connectivity index (χ4v) is 3.10. The molecule has 0 atom stereocenters. The SMILES string of the molecule is S=c1[nH]c2cc(Cl)ccc2n1-c1cccc2cnccc12. The monoisotopic (exact) mass is 311 g/mol. The normalized spacial score (nSPS) is 11.3. The van der Waals surface area contributed by atoms with E-state index in [1.165, 1.54) is 0 Å². The average Bonchev–Trinajstić information content (AvgIpc) is 2.81. The molecule has 0 spiro atoms. The first-order chi connectivity index (χ1) is 10.2. The number of imidazole rings is 1. The average molecular weight is 312 g/mol. The van der Waals surface area contributed by atoms with Crippen molar-refractivity contribution in [3.8, 4) is 5.69 Å². The van der Waals surface area contributed by atoms with Crippen LogP contribution in [0.15, 0.2) is 54.9 Å². The third kappa shape index (κ3) is 1.95. The molecule has 4 rings (SSSR count). The number of rotatable bonds is 1. The zero-order valence-electron chi connectivity index (χ0n) is 10.9. The third-order valence-corrected chi connectivity index (χ3v) is 4.06. The Labute approximate surface area is 130 Å². The van der Waals surface area contributed by atoms with E-state index < -0.39 is 0 Å². The number of hydrogen-bond acceptors (Lipinski definition) is 2. The van der Waals surface area contributed by atoms with Gasteiger partial charge in [-0.25, -0.2) is 0 Å². The number of H-pyrrole nitrogens is 1. The summed E-state index contributed by atoms with van der Waals surface area (Å²) in [7, 11) is 0. The van der Waals surface area contributed by atoms with Gasteiger partial charge < -0.3 is 4.98 Å². The van der Waals surface area contributed by atoms with Crippen molar-refractivity contribution < 1.29 is 0 Å². The van der Waals surface area contributed by atoms with E-state index >= 15 is 0 Å². The molecular weight excluding hydrogens is 302 g/mol. The number of benzene rings is 2. The van der Waals surface area contributed by atoms with Gasteiger partial charge in [0, 0.05) is 28.2 Å². The second-order valence-electron chi connectivity index (χ2n) is 4.80. The number of nitrogens with one attached hydrogen (secondary N) is 1. The summed E-state index contributed by atoms with van der Waals surface area (Å²) in [6.07, 6.45) is 3.65. The van der Waals surface area contributed by atoms with Gasteiger partial charge in [0.1, 0.15) is 0 Å². The first-order valence-corrected chi connectivity index (χ1v) is 7.26. The van der Waals surface area contributed by atoms with Crippen molar-refractivity contribution in [1.29, 1.82) is 0 Å². The van der Waals surface area contributed by atoms with Gasteiger partial charge in [-0.15, -0.1) is 0 Å². The lowest BCUT2D eigenvalue weighted by molar-refractivity contribution is 1.08. The van der Waals surface area contributed by atoms with Crippen molar-refractivity contribution in [2.24, 2.45) is 0 Å². The quantitative estimate of drug-likeness (QED) is 0.508. The molecule has 0 saturated heterocycles. The van der Waals surface area contributed by atoms with Gasteiger partial charge in [-0.05, 0) is 42.5 Å². The smallest absolute Gasteiger partial charge is 0.182 e. The highest BCUT2D eigenvalue weighted by molar-refractivity contribution is 7.71. The first kappa shape index (κ1) is 12.6. The van der Waals surface area contributed by atoms with Crippen LogP contribution in [0.2, 0.25) is 5.02 Å². The van der Waals surface area contributed by atoms with E-state index in [0.717, 1.165) is 27.5 Å². The molecule has 0 amide bonds. The molecular formula is C16H10ClN3S. The summed E-state index contributed by atoms with van der Waals surface area (Å²) in [4.78, 5) is 7.38. The van der Waals surface area contributed by atoms with E-state index in [1.54, 1.807) is 6.20 Å². The van der Waals surface area contributed by atoms with Crippen molar-refractivity contribution in [3.63, 3.8) is 0 Å². The zero-order valence-corrected chi connectivity index (χ0v) is 12.4. The van der Waals surface area contributed by atoms with Crippen LogP contribution in [0, 0.1) is 4.77 Å². The Kier molecular flexibility index (Phi) is 2.80. The third-order valence-electron chi connectivity index (χ3n) is 3.54. The molecule has 2 aromatic heterocycles. The van der Waals surface area contributed by atoms with Crippen LogP contribution in [-0.4, -0.2) is 14.5 Å². The molecule has 0 bridgehead atoms. The molecule has 0 aliphatic heterocycles. The van der Waals surface area contributed by atoms with Crippen molar-refractivity contribution in [1.82, 2.24) is 14.5 Å². The molecule has 0 fully saturated rings. The van der Waals surface area contributed by atoms with Crippen LogP contribution in [0.4, 0.5) is 0 Å². The van der Waals surface area contributed by atoms with Crippen molar-refractivity contribution >= 4 is 45.6 Å². The summed E-state index contributed by atoms with van der Waals surface area (Å²) in [5.41, 5.74) is 2.97. The number of aromatic amines is 1. The molecule has 0 radical (unpaired) electrons. The minimum Gasteiger partial charge on any atom is -0.330 e. The molecule has 3 nitrogen and oxygen atoms in total. The molecule has 21 heavy (non-hydrogen) atoms. The van der Waals surface area contributed by atoms with E-state index in [1.807, 2.05) is 47.2 Å². The number of aromatic nitrogens is 3. The Balaban J connectivity index is 2.14. The van der Waals surface area contributed by atoms with Crippen molar-refractivity contribution in [3.05, 3.63) is 64.7 Å². The molecule has 0 unspecified atom stereocenters. The van der Waals surface area contributed by atoms with E-state index in [-0.39, 0.29) is 0 Å². The molecule has 4 aromatic rings. The van der Waals surface area contributed by atoms with E-state index in [0.29, 0.717) is 9.79 Å². The summed E-state index contributed by atoms with van der Waals surface area (Å²) < 4.78 is 2.68. The van der Waals surface area contributed by atoms with E-state index in [9.17, 15) is 0 Å². The lowest BCUT2D eigenvalue weighted by Crippen LogP contribution is -1.95. The minimum atomic E-state index is 0.650. The molecule has 5 heteroatoms. The Morgan fingerprint density at radius 2 is 2.05 bits per heavy atom. The highest BCUT2D eigenvalue weighted by Crippen LogP contribution is 2.27. The largest absolute Gasteiger partial charge is 0.330 e. The molecule has 102 valence electrons. The Hall–Kier alpha value is -2.17. The zero-order chi connectivity index (χ0) is 14.4. The van der Waals surface area contributed by atoms with E-state index in [2.05, 4.69) is 16.0 Å². The van der Waals surface area contributed by atoms with Crippen LogP contribution < -0.4 is 0 Å². The number of nitrogens with zero attached hydrogens (tertiary/aromatic N) is 2. The molecule has 2 heterocycles. The summed E-state index contributed by atoms with van der Waals surface area (Å²) in [5, 5.41) is 2.88. The summed E-state index contributed by atoms with van der Waals surface area (Å²) in [6, 6.07) is 13.8. The maximum absolute atomic E-state index is 6.05. The van der Waals surface area contributed by atoms with Gasteiger partial charge >= 0.3 is 0 Å². The minimum absolute atomic E-state index is 0.650. The van der Waals surface area contributed by atoms with Gasteiger partial charge in [-0.3, -0.25) is 9.55 Å². The van der Waals surface area contributed by atoms with Crippen LogP contribution >= 0.6 is 23.8 Å². The lowest BCUT2D eigenvalue weighted by atomic mass is 10.1. The molecule has 0 aliphatic carbocycles. The molecule has 1 N–H and O–H groups in total. The highest BCUT2D eigenvalue weighted by Gasteiger charge is 2.09.